The number of aryl methyl sites for hydroxylation is 1. The van der Waals surface area contributed by atoms with Crippen LogP contribution in [0.15, 0.2) is 24.2 Å². The lowest BCUT2D eigenvalue weighted by Gasteiger charge is -2.19. The fourth-order valence-corrected chi connectivity index (χ4v) is 2.00. The second-order valence-corrected chi connectivity index (χ2v) is 3.93. The summed E-state index contributed by atoms with van der Waals surface area (Å²) in [4.78, 5) is 4.09. The van der Waals surface area contributed by atoms with Crippen molar-refractivity contribution in [3.8, 4) is 0 Å². The van der Waals surface area contributed by atoms with Gasteiger partial charge in [-0.05, 0) is 25.7 Å². The van der Waals surface area contributed by atoms with E-state index in [1.807, 2.05) is 17.8 Å². The fourth-order valence-electron chi connectivity index (χ4n) is 2.00. The van der Waals surface area contributed by atoms with Gasteiger partial charge in [0, 0.05) is 7.05 Å². The molecule has 0 bridgehead atoms. The monoisotopic (exact) mass is 191 g/mol. The largest absolute Gasteiger partial charge is 0.336 e. The van der Waals surface area contributed by atoms with Gasteiger partial charge in [0.2, 0.25) is 0 Å². The minimum atomic E-state index is 0.0443. The van der Waals surface area contributed by atoms with Crippen LogP contribution in [0, 0.1) is 0 Å². The maximum atomic E-state index is 6.19. The molecule has 1 aliphatic rings. The number of hydrogen-bond acceptors (Lipinski definition) is 2. The Bertz CT molecular complexity index is 338. The first-order valence-electron chi connectivity index (χ1n) is 5.20. The number of nitrogens with zero attached hydrogens (tertiary/aromatic N) is 2. The zero-order chi connectivity index (χ0) is 9.97. The fraction of sp³-hybridized carbons (Fsp3) is 0.545. The van der Waals surface area contributed by atoms with Crippen LogP contribution in [0.25, 0.3) is 0 Å². The van der Waals surface area contributed by atoms with E-state index in [1.54, 1.807) is 6.33 Å². The molecule has 1 atom stereocenters. The summed E-state index contributed by atoms with van der Waals surface area (Å²) < 4.78 is 2.00. The van der Waals surface area contributed by atoms with E-state index in [1.165, 1.54) is 24.8 Å². The van der Waals surface area contributed by atoms with Gasteiger partial charge in [-0.1, -0.05) is 11.6 Å². The van der Waals surface area contributed by atoms with Crippen molar-refractivity contribution in [2.75, 3.05) is 0 Å². The first kappa shape index (κ1) is 9.46. The third-order valence-electron chi connectivity index (χ3n) is 2.90. The molecule has 2 rings (SSSR count). The highest BCUT2D eigenvalue weighted by Gasteiger charge is 2.16. The Kier molecular flexibility index (Phi) is 2.68. The summed E-state index contributed by atoms with van der Waals surface area (Å²) in [6.45, 7) is 0. The number of aromatic nitrogens is 2. The zero-order valence-electron chi connectivity index (χ0n) is 8.61. The van der Waals surface area contributed by atoms with Gasteiger partial charge >= 0.3 is 0 Å². The smallest absolute Gasteiger partial charge is 0.0946 e. The lowest BCUT2D eigenvalue weighted by molar-refractivity contribution is 0.628. The molecule has 3 nitrogen and oxygen atoms in total. The van der Waals surface area contributed by atoms with Crippen LogP contribution < -0.4 is 5.73 Å². The molecule has 1 heterocycles. The SMILES string of the molecule is Cn1cncc1C(N)C1=CCCCC1. The van der Waals surface area contributed by atoms with Gasteiger partial charge in [0.1, 0.15) is 0 Å². The molecule has 0 fully saturated rings. The topological polar surface area (TPSA) is 43.8 Å². The summed E-state index contributed by atoms with van der Waals surface area (Å²) in [5.41, 5.74) is 8.67. The highest BCUT2D eigenvalue weighted by Crippen LogP contribution is 2.27. The predicted molar refractivity (Wildman–Crippen MR) is 56.7 cm³/mol. The first-order chi connectivity index (χ1) is 6.79. The second-order valence-electron chi connectivity index (χ2n) is 3.93. The van der Waals surface area contributed by atoms with Crippen LogP contribution >= 0.6 is 0 Å². The van der Waals surface area contributed by atoms with E-state index in [9.17, 15) is 0 Å². The van der Waals surface area contributed by atoms with Gasteiger partial charge in [0.15, 0.2) is 0 Å². The molecular weight excluding hydrogens is 174 g/mol. The summed E-state index contributed by atoms with van der Waals surface area (Å²) in [7, 11) is 1.99. The molecule has 1 unspecified atom stereocenters. The van der Waals surface area contributed by atoms with Gasteiger partial charge in [0.05, 0.1) is 24.3 Å². The molecule has 0 spiro atoms. The van der Waals surface area contributed by atoms with Gasteiger partial charge in [-0.25, -0.2) is 4.98 Å². The molecule has 14 heavy (non-hydrogen) atoms. The normalized spacial score (nSPS) is 19.1. The molecule has 1 aliphatic carbocycles. The average Bonchev–Trinajstić information content (AvgIpc) is 2.65. The quantitative estimate of drug-likeness (QED) is 0.726. The molecule has 0 aliphatic heterocycles. The molecule has 0 saturated carbocycles. The number of imidazole rings is 1. The Labute approximate surface area is 84.6 Å². The first-order valence-corrected chi connectivity index (χ1v) is 5.20. The summed E-state index contributed by atoms with van der Waals surface area (Å²) in [6.07, 6.45) is 10.9. The van der Waals surface area contributed by atoms with Crippen molar-refractivity contribution in [3.63, 3.8) is 0 Å². The second kappa shape index (κ2) is 3.96. The Morgan fingerprint density at radius 3 is 2.93 bits per heavy atom. The van der Waals surface area contributed by atoms with Gasteiger partial charge < -0.3 is 10.3 Å². The number of nitrogens with two attached hydrogens (primary N) is 1. The molecule has 0 aromatic carbocycles. The Balaban J connectivity index is 2.19. The van der Waals surface area contributed by atoms with E-state index >= 15 is 0 Å². The highest BCUT2D eigenvalue weighted by atomic mass is 15.0. The van der Waals surface area contributed by atoms with Crippen LogP contribution in [-0.4, -0.2) is 9.55 Å². The molecule has 0 saturated heterocycles. The molecule has 76 valence electrons. The summed E-state index contributed by atoms with van der Waals surface area (Å²) in [5.74, 6) is 0. The van der Waals surface area contributed by atoms with Crippen molar-refractivity contribution in [2.45, 2.75) is 31.7 Å². The van der Waals surface area contributed by atoms with Crippen molar-refractivity contribution < 1.29 is 0 Å². The van der Waals surface area contributed by atoms with Crippen LogP contribution in [-0.2, 0) is 7.05 Å². The average molecular weight is 191 g/mol. The van der Waals surface area contributed by atoms with Gasteiger partial charge in [-0.3, -0.25) is 0 Å². The van der Waals surface area contributed by atoms with Gasteiger partial charge in [0.25, 0.3) is 0 Å². The summed E-state index contributed by atoms with van der Waals surface area (Å²) >= 11 is 0. The lowest BCUT2D eigenvalue weighted by Crippen LogP contribution is -2.17. The lowest BCUT2D eigenvalue weighted by atomic mass is 9.93. The number of rotatable bonds is 2. The molecular formula is C11H17N3. The molecule has 3 heteroatoms. The van der Waals surface area contributed by atoms with Crippen LogP contribution in [0.5, 0.6) is 0 Å². The van der Waals surface area contributed by atoms with Crippen molar-refractivity contribution in [1.82, 2.24) is 9.55 Å². The molecule has 1 aromatic heterocycles. The third kappa shape index (κ3) is 1.73. The zero-order valence-corrected chi connectivity index (χ0v) is 8.61. The van der Waals surface area contributed by atoms with Crippen LogP contribution in [0.4, 0.5) is 0 Å². The third-order valence-corrected chi connectivity index (χ3v) is 2.90. The summed E-state index contributed by atoms with van der Waals surface area (Å²) in [6, 6.07) is 0.0443. The molecule has 0 amide bonds. The van der Waals surface area contributed by atoms with E-state index < -0.39 is 0 Å². The Morgan fingerprint density at radius 1 is 1.50 bits per heavy atom. The molecule has 2 N–H and O–H groups in total. The minimum absolute atomic E-state index is 0.0443. The Morgan fingerprint density at radius 2 is 2.36 bits per heavy atom. The van der Waals surface area contributed by atoms with Gasteiger partial charge in [-0.15, -0.1) is 0 Å². The van der Waals surface area contributed by atoms with Crippen molar-refractivity contribution in [3.05, 3.63) is 29.9 Å². The number of allylic oxidation sites excluding steroid dienone is 1. The maximum Gasteiger partial charge on any atom is 0.0946 e. The van der Waals surface area contributed by atoms with E-state index in [2.05, 4.69) is 11.1 Å². The van der Waals surface area contributed by atoms with Crippen molar-refractivity contribution in [2.24, 2.45) is 12.8 Å². The van der Waals surface area contributed by atoms with Crippen molar-refractivity contribution >= 4 is 0 Å². The van der Waals surface area contributed by atoms with E-state index in [-0.39, 0.29) is 6.04 Å². The van der Waals surface area contributed by atoms with Crippen LogP contribution in [0.2, 0.25) is 0 Å². The summed E-state index contributed by atoms with van der Waals surface area (Å²) in [5, 5.41) is 0. The van der Waals surface area contributed by atoms with Crippen molar-refractivity contribution in [1.29, 1.82) is 0 Å². The molecule has 0 radical (unpaired) electrons. The van der Waals surface area contributed by atoms with Crippen LogP contribution in [0.1, 0.15) is 37.4 Å². The van der Waals surface area contributed by atoms with E-state index in [4.69, 9.17) is 5.73 Å². The number of hydrogen-bond donors (Lipinski definition) is 1. The van der Waals surface area contributed by atoms with E-state index in [0.717, 1.165) is 12.1 Å². The minimum Gasteiger partial charge on any atom is -0.336 e. The Hall–Kier alpha value is -1.09. The standard InChI is InChI=1S/C11H17N3/c1-14-8-13-7-10(14)11(12)9-5-3-2-4-6-9/h5,7-8,11H,2-4,6,12H2,1H3. The van der Waals surface area contributed by atoms with E-state index in [0.29, 0.717) is 0 Å². The van der Waals surface area contributed by atoms with Gasteiger partial charge in [-0.2, -0.15) is 0 Å². The predicted octanol–water partition coefficient (Wildman–Crippen LogP) is 1.92. The molecule has 1 aromatic rings. The van der Waals surface area contributed by atoms with Crippen LogP contribution in [0.3, 0.4) is 0 Å². The highest BCUT2D eigenvalue weighted by molar-refractivity contribution is 5.21. The maximum absolute atomic E-state index is 6.19.